The number of carbonyl (C=O) groups excluding carboxylic acids is 2. The lowest BCUT2D eigenvalue weighted by atomic mass is 10.1. The first kappa shape index (κ1) is 14.8. The monoisotopic (exact) mass is 286 g/mol. The Morgan fingerprint density at radius 3 is 2.33 bits per heavy atom. The van der Waals surface area contributed by atoms with E-state index < -0.39 is 0 Å². The van der Waals surface area contributed by atoms with Gasteiger partial charge in [0.05, 0.1) is 12.7 Å². The van der Waals surface area contributed by atoms with Gasteiger partial charge < -0.3 is 14.6 Å². The van der Waals surface area contributed by atoms with Crippen LogP contribution in [0.25, 0.3) is 0 Å². The molecule has 1 heterocycles. The van der Waals surface area contributed by atoms with Gasteiger partial charge in [-0.2, -0.15) is 0 Å². The zero-order chi connectivity index (χ0) is 15.4. The average Bonchev–Trinajstić information content (AvgIpc) is 2.84. The fraction of sp³-hybridized carbons (Fsp3) is 0.250. The number of ether oxygens (including phenoxy) is 1. The minimum absolute atomic E-state index is 0.123. The fourth-order valence-electron chi connectivity index (χ4n) is 1.99. The summed E-state index contributed by atoms with van der Waals surface area (Å²) in [5.41, 5.74) is 3.06. The summed E-state index contributed by atoms with van der Waals surface area (Å²) in [6, 6.07) is 10.6. The van der Waals surface area contributed by atoms with E-state index in [2.05, 4.69) is 10.1 Å². The van der Waals surface area contributed by atoms with Crippen LogP contribution < -0.4 is 5.32 Å². The van der Waals surface area contributed by atoms with Crippen molar-refractivity contribution in [3.63, 3.8) is 0 Å². The van der Waals surface area contributed by atoms with Gasteiger partial charge in [0.25, 0.3) is 5.91 Å². The lowest BCUT2D eigenvalue weighted by Crippen LogP contribution is -2.25. The molecule has 0 bridgehead atoms. The summed E-state index contributed by atoms with van der Waals surface area (Å²) in [7, 11) is 3.20. The highest BCUT2D eigenvalue weighted by Gasteiger charge is 2.10. The van der Waals surface area contributed by atoms with Crippen molar-refractivity contribution in [3.05, 3.63) is 58.9 Å². The van der Waals surface area contributed by atoms with Gasteiger partial charge in [-0.25, -0.2) is 4.79 Å². The molecule has 2 rings (SSSR count). The van der Waals surface area contributed by atoms with E-state index in [0.29, 0.717) is 17.8 Å². The number of carbonyl (C=O) groups is 2. The molecule has 2 aromatic rings. The molecule has 0 saturated heterocycles. The van der Waals surface area contributed by atoms with Gasteiger partial charge >= 0.3 is 5.97 Å². The maximum Gasteiger partial charge on any atom is 0.337 e. The Balaban J connectivity index is 1.98. The van der Waals surface area contributed by atoms with Gasteiger partial charge in [-0.3, -0.25) is 4.79 Å². The number of methoxy groups -OCH3 is 1. The number of nitrogens with one attached hydrogen (secondary N) is 1. The molecule has 1 aromatic carbocycles. The normalized spacial score (nSPS) is 10.2. The summed E-state index contributed by atoms with van der Waals surface area (Å²) in [6.45, 7) is 2.35. The van der Waals surface area contributed by atoms with E-state index in [9.17, 15) is 9.59 Å². The zero-order valence-corrected chi connectivity index (χ0v) is 12.3. The smallest absolute Gasteiger partial charge is 0.337 e. The third-order valence-electron chi connectivity index (χ3n) is 3.43. The van der Waals surface area contributed by atoms with Crippen molar-refractivity contribution in [2.24, 2.45) is 7.05 Å². The Hall–Kier alpha value is -2.56. The van der Waals surface area contributed by atoms with E-state index >= 15 is 0 Å². The number of benzene rings is 1. The van der Waals surface area contributed by atoms with Crippen molar-refractivity contribution in [3.8, 4) is 0 Å². The standard InChI is InChI=1S/C16H18N2O3/c1-11-4-9-14(18(11)2)15(19)17-10-12-5-7-13(8-6-12)16(20)21-3/h4-9H,10H2,1-3H3,(H,17,19). The highest BCUT2D eigenvalue weighted by Crippen LogP contribution is 2.08. The topological polar surface area (TPSA) is 60.3 Å². The third kappa shape index (κ3) is 3.31. The number of amides is 1. The van der Waals surface area contributed by atoms with Crippen molar-refractivity contribution in [2.45, 2.75) is 13.5 Å². The molecule has 5 nitrogen and oxygen atoms in total. The van der Waals surface area contributed by atoms with Gasteiger partial charge in [0.2, 0.25) is 0 Å². The number of nitrogens with zero attached hydrogens (tertiary/aromatic N) is 1. The number of aryl methyl sites for hydroxylation is 1. The van der Waals surface area contributed by atoms with E-state index in [0.717, 1.165) is 11.3 Å². The molecule has 0 atom stereocenters. The predicted octanol–water partition coefficient (Wildman–Crippen LogP) is 2.05. The van der Waals surface area contributed by atoms with Gasteiger partial charge in [0, 0.05) is 19.3 Å². The second-order valence-corrected chi connectivity index (χ2v) is 4.79. The first-order valence-corrected chi connectivity index (χ1v) is 6.60. The molecule has 1 N–H and O–H groups in total. The van der Waals surface area contributed by atoms with Gasteiger partial charge in [-0.05, 0) is 36.8 Å². The number of hydrogen-bond acceptors (Lipinski definition) is 3. The summed E-state index contributed by atoms with van der Waals surface area (Å²) in [5, 5.41) is 2.86. The van der Waals surface area contributed by atoms with Crippen LogP contribution in [0.2, 0.25) is 0 Å². The predicted molar refractivity (Wildman–Crippen MR) is 79.1 cm³/mol. The van der Waals surface area contributed by atoms with E-state index in [4.69, 9.17) is 0 Å². The molecule has 0 saturated carbocycles. The van der Waals surface area contributed by atoms with Crippen LogP contribution in [0.4, 0.5) is 0 Å². The van der Waals surface area contributed by atoms with Crippen LogP contribution in [0.1, 0.15) is 32.1 Å². The van der Waals surface area contributed by atoms with Crippen LogP contribution in [0.3, 0.4) is 0 Å². The molecule has 0 fully saturated rings. The second kappa shape index (κ2) is 6.26. The van der Waals surface area contributed by atoms with Crippen molar-refractivity contribution >= 4 is 11.9 Å². The molecule has 110 valence electrons. The lowest BCUT2D eigenvalue weighted by molar-refractivity contribution is 0.0600. The highest BCUT2D eigenvalue weighted by atomic mass is 16.5. The molecule has 1 amide bonds. The van der Waals surface area contributed by atoms with Gasteiger partial charge in [-0.15, -0.1) is 0 Å². The number of rotatable bonds is 4. The van der Waals surface area contributed by atoms with Crippen LogP contribution >= 0.6 is 0 Å². The Morgan fingerprint density at radius 1 is 1.14 bits per heavy atom. The minimum Gasteiger partial charge on any atom is -0.465 e. The number of aromatic nitrogens is 1. The maximum absolute atomic E-state index is 12.1. The fourth-order valence-corrected chi connectivity index (χ4v) is 1.99. The quantitative estimate of drug-likeness (QED) is 0.875. The first-order valence-electron chi connectivity index (χ1n) is 6.60. The van der Waals surface area contributed by atoms with Crippen LogP contribution in [-0.4, -0.2) is 23.6 Å². The van der Waals surface area contributed by atoms with E-state index in [1.165, 1.54) is 7.11 Å². The summed E-state index contributed by atoms with van der Waals surface area (Å²) < 4.78 is 6.48. The summed E-state index contributed by atoms with van der Waals surface area (Å²) in [4.78, 5) is 23.4. The molecule has 1 aromatic heterocycles. The van der Waals surface area contributed by atoms with E-state index in [-0.39, 0.29) is 11.9 Å². The lowest BCUT2D eigenvalue weighted by Gasteiger charge is -2.08. The summed E-state index contributed by atoms with van der Waals surface area (Å²) in [5.74, 6) is -0.493. The summed E-state index contributed by atoms with van der Waals surface area (Å²) >= 11 is 0. The van der Waals surface area contributed by atoms with E-state index in [1.807, 2.05) is 24.6 Å². The van der Waals surface area contributed by atoms with Crippen LogP contribution in [0, 0.1) is 6.92 Å². The largest absolute Gasteiger partial charge is 0.465 e. The van der Waals surface area contributed by atoms with Crippen molar-refractivity contribution in [1.82, 2.24) is 9.88 Å². The highest BCUT2D eigenvalue weighted by molar-refractivity contribution is 5.93. The molecule has 0 aliphatic rings. The SMILES string of the molecule is COC(=O)c1ccc(CNC(=O)c2ccc(C)n2C)cc1. The Morgan fingerprint density at radius 2 is 1.81 bits per heavy atom. The Labute approximate surface area is 123 Å². The molecule has 0 aliphatic carbocycles. The van der Waals surface area contributed by atoms with Gasteiger partial charge in [-0.1, -0.05) is 12.1 Å². The molecule has 0 unspecified atom stereocenters. The van der Waals surface area contributed by atoms with Gasteiger partial charge in [0.15, 0.2) is 0 Å². The van der Waals surface area contributed by atoms with Crippen LogP contribution in [-0.2, 0) is 18.3 Å². The van der Waals surface area contributed by atoms with Crippen LogP contribution in [0.5, 0.6) is 0 Å². The minimum atomic E-state index is -0.370. The molecule has 5 heteroatoms. The molecule has 0 radical (unpaired) electrons. The molecule has 0 aliphatic heterocycles. The Kier molecular flexibility index (Phi) is 4.42. The molecule has 0 spiro atoms. The number of esters is 1. The molecule has 21 heavy (non-hydrogen) atoms. The third-order valence-corrected chi connectivity index (χ3v) is 3.43. The maximum atomic E-state index is 12.1. The van der Waals surface area contributed by atoms with E-state index in [1.54, 1.807) is 30.3 Å². The Bertz CT molecular complexity index is 657. The van der Waals surface area contributed by atoms with Crippen molar-refractivity contribution in [1.29, 1.82) is 0 Å². The zero-order valence-electron chi connectivity index (χ0n) is 12.3. The van der Waals surface area contributed by atoms with Crippen LogP contribution in [0.15, 0.2) is 36.4 Å². The number of hydrogen-bond donors (Lipinski definition) is 1. The molecular weight excluding hydrogens is 268 g/mol. The second-order valence-electron chi connectivity index (χ2n) is 4.79. The first-order chi connectivity index (χ1) is 10.0. The van der Waals surface area contributed by atoms with Crippen molar-refractivity contribution in [2.75, 3.05) is 7.11 Å². The average molecular weight is 286 g/mol. The summed E-state index contributed by atoms with van der Waals surface area (Å²) in [6.07, 6.45) is 0. The molecular formula is C16H18N2O3. The van der Waals surface area contributed by atoms with Crippen molar-refractivity contribution < 1.29 is 14.3 Å². The van der Waals surface area contributed by atoms with Gasteiger partial charge in [0.1, 0.15) is 5.69 Å².